The maximum atomic E-state index is 12.5. The number of hydrogen-bond donors (Lipinski definition) is 2. The van der Waals surface area contributed by atoms with E-state index in [1.807, 2.05) is 48.5 Å². The van der Waals surface area contributed by atoms with E-state index in [0.717, 1.165) is 11.1 Å². The second-order valence-electron chi connectivity index (χ2n) is 6.62. The molecule has 0 bridgehead atoms. The van der Waals surface area contributed by atoms with E-state index in [4.69, 9.17) is 9.47 Å². The zero-order valence-electron chi connectivity index (χ0n) is 15.7. The molecule has 146 valence electrons. The molecule has 0 atom stereocenters. The number of rotatable bonds is 6. The van der Waals surface area contributed by atoms with Crippen LogP contribution in [0.5, 0.6) is 11.5 Å². The van der Waals surface area contributed by atoms with Gasteiger partial charge in [0.15, 0.2) is 11.5 Å². The van der Waals surface area contributed by atoms with Crippen LogP contribution in [0.3, 0.4) is 0 Å². The first-order valence-corrected chi connectivity index (χ1v) is 9.28. The molecule has 6 nitrogen and oxygen atoms in total. The smallest absolute Gasteiger partial charge is 0.251 e. The molecule has 1 heterocycles. The van der Waals surface area contributed by atoms with Crippen LogP contribution in [0.15, 0.2) is 72.8 Å². The van der Waals surface area contributed by atoms with E-state index in [2.05, 4.69) is 10.6 Å². The van der Waals surface area contributed by atoms with Gasteiger partial charge >= 0.3 is 0 Å². The molecule has 29 heavy (non-hydrogen) atoms. The fourth-order valence-corrected chi connectivity index (χ4v) is 3.02. The lowest BCUT2D eigenvalue weighted by molar-refractivity contribution is 0.0950. The average molecular weight is 388 g/mol. The Morgan fingerprint density at radius 1 is 0.690 bits per heavy atom. The number of fused-ring (bicyclic) bond motifs is 1. The average Bonchev–Trinajstić information content (AvgIpc) is 3.24. The lowest BCUT2D eigenvalue weighted by atomic mass is 10.1. The molecular formula is C23H20N2O4. The van der Waals surface area contributed by atoms with E-state index in [1.54, 1.807) is 24.3 Å². The van der Waals surface area contributed by atoms with Crippen molar-refractivity contribution in [2.45, 2.75) is 13.1 Å². The van der Waals surface area contributed by atoms with Gasteiger partial charge in [0, 0.05) is 24.2 Å². The van der Waals surface area contributed by atoms with Crippen LogP contribution in [0.1, 0.15) is 31.8 Å². The Balaban J connectivity index is 1.36. The molecule has 3 aromatic carbocycles. The molecule has 4 rings (SSSR count). The summed E-state index contributed by atoms with van der Waals surface area (Å²) < 4.78 is 10.6. The lowest BCUT2D eigenvalue weighted by Gasteiger charge is -2.09. The molecule has 6 heteroatoms. The molecule has 1 aliphatic heterocycles. The number of carbonyl (C=O) groups is 2. The Kier molecular flexibility index (Phi) is 5.42. The van der Waals surface area contributed by atoms with Crippen LogP contribution < -0.4 is 20.1 Å². The fourth-order valence-electron chi connectivity index (χ4n) is 3.02. The van der Waals surface area contributed by atoms with E-state index in [0.29, 0.717) is 35.7 Å². The van der Waals surface area contributed by atoms with Crippen molar-refractivity contribution in [3.63, 3.8) is 0 Å². The van der Waals surface area contributed by atoms with E-state index < -0.39 is 0 Å². The SMILES string of the molecule is O=C(NCc1ccccc1)c1cccc(C(=O)NCc2ccc3c(c2)OCO3)c1. The van der Waals surface area contributed by atoms with Gasteiger partial charge in [-0.15, -0.1) is 0 Å². The molecule has 3 aromatic rings. The van der Waals surface area contributed by atoms with E-state index >= 15 is 0 Å². The highest BCUT2D eigenvalue weighted by molar-refractivity contribution is 5.99. The van der Waals surface area contributed by atoms with E-state index in [9.17, 15) is 9.59 Å². The topological polar surface area (TPSA) is 76.7 Å². The predicted molar refractivity (Wildman–Crippen MR) is 108 cm³/mol. The summed E-state index contributed by atoms with van der Waals surface area (Å²) in [6, 6.07) is 21.9. The number of hydrogen-bond acceptors (Lipinski definition) is 4. The first-order valence-electron chi connectivity index (χ1n) is 9.28. The quantitative estimate of drug-likeness (QED) is 0.680. The van der Waals surface area contributed by atoms with Crippen LogP contribution in [-0.4, -0.2) is 18.6 Å². The van der Waals surface area contributed by atoms with Gasteiger partial charge in [0.05, 0.1) is 0 Å². The van der Waals surface area contributed by atoms with Gasteiger partial charge < -0.3 is 20.1 Å². The molecule has 2 N–H and O–H groups in total. The third kappa shape index (κ3) is 4.55. The summed E-state index contributed by atoms with van der Waals surface area (Å²) in [6.45, 7) is 0.990. The van der Waals surface area contributed by atoms with Gasteiger partial charge in [-0.1, -0.05) is 42.5 Å². The van der Waals surface area contributed by atoms with Crippen molar-refractivity contribution in [2.24, 2.45) is 0 Å². The molecule has 0 saturated heterocycles. The van der Waals surface area contributed by atoms with E-state index in [1.165, 1.54) is 0 Å². The number of carbonyl (C=O) groups excluding carboxylic acids is 2. The highest BCUT2D eigenvalue weighted by atomic mass is 16.7. The molecule has 2 amide bonds. The summed E-state index contributed by atoms with van der Waals surface area (Å²) >= 11 is 0. The fraction of sp³-hybridized carbons (Fsp3) is 0.130. The second-order valence-corrected chi connectivity index (χ2v) is 6.62. The largest absolute Gasteiger partial charge is 0.454 e. The summed E-state index contributed by atoms with van der Waals surface area (Å²) in [4.78, 5) is 24.9. The minimum absolute atomic E-state index is 0.213. The number of ether oxygens (including phenoxy) is 2. The van der Waals surface area contributed by atoms with E-state index in [-0.39, 0.29) is 18.6 Å². The molecule has 0 saturated carbocycles. The van der Waals surface area contributed by atoms with Gasteiger partial charge in [0.2, 0.25) is 6.79 Å². The van der Waals surface area contributed by atoms with Gasteiger partial charge in [-0.2, -0.15) is 0 Å². The van der Waals surface area contributed by atoms with Crippen molar-refractivity contribution in [2.75, 3.05) is 6.79 Å². The first-order chi connectivity index (χ1) is 14.2. The minimum Gasteiger partial charge on any atom is -0.454 e. The predicted octanol–water partition coefficient (Wildman–Crippen LogP) is 3.28. The van der Waals surface area contributed by atoms with Gasteiger partial charge in [0.25, 0.3) is 11.8 Å². The van der Waals surface area contributed by atoms with Crippen molar-refractivity contribution in [3.8, 4) is 11.5 Å². The maximum absolute atomic E-state index is 12.5. The van der Waals surface area contributed by atoms with Crippen molar-refractivity contribution in [1.29, 1.82) is 0 Å². The zero-order chi connectivity index (χ0) is 20.1. The van der Waals surface area contributed by atoms with Gasteiger partial charge in [-0.05, 0) is 41.5 Å². The van der Waals surface area contributed by atoms with Crippen molar-refractivity contribution in [3.05, 3.63) is 95.1 Å². The summed E-state index contributed by atoms with van der Waals surface area (Å²) in [7, 11) is 0. The standard InChI is InChI=1S/C23H20N2O4/c26-22(24-13-16-5-2-1-3-6-16)18-7-4-8-19(12-18)23(27)25-14-17-9-10-20-21(11-17)29-15-28-20/h1-12H,13-15H2,(H,24,26)(H,25,27). The molecule has 0 radical (unpaired) electrons. The monoisotopic (exact) mass is 388 g/mol. The lowest BCUT2D eigenvalue weighted by Crippen LogP contribution is -2.25. The Morgan fingerprint density at radius 3 is 2.07 bits per heavy atom. The Morgan fingerprint density at radius 2 is 1.34 bits per heavy atom. The second kappa shape index (κ2) is 8.48. The summed E-state index contributed by atoms with van der Waals surface area (Å²) in [6.07, 6.45) is 0. The van der Waals surface area contributed by atoms with Crippen molar-refractivity contribution >= 4 is 11.8 Å². The molecule has 0 unspecified atom stereocenters. The van der Waals surface area contributed by atoms with Gasteiger partial charge in [0.1, 0.15) is 0 Å². The molecule has 0 aromatic heterocycles. The summed E-state index contributed by atoms with van der Waals surface area (Å²) in [5.74, 6) is 0.905. The highest BCUT2D eigenvalue weighted by Gasteiger charge is 2.14. The normalized spacial score (nSPS) is 11.7. The molecule has 1 aliphatic rings. The maximum Gasteiger partial charge on any atom is 0.251 e. The van der Waals surface area contributed by atoms with Crippen molar-refractivity contribution < 1.29 is 19.1 Å². The first kappa shape index (κ1) is 18.6. The Labute approximate surface area is 168 Å². The van der Waals surface area contributed by atoms with Gasteiger partial charge in [-0.25, -0.2) is 0 Å². The number of benzene rings is 3. The van der Waals surface area contributed by atoms with Crippen molar-refractivity contribution in [1.82, 2.24) is 10.6 Å². The zero-order valence-corrected chi connectivity index (χ0v) is 15.7. The summed E-state index contributed by atoms with van der Waals surface area (Å²) in [5.41, 5.74) is 2.78. The van der Waals surface area contributed by atoms with Crippen LogP contribution in [0.25, 0.3) is 0 Å². The molecule has 0 fully saturated rings. The van der Waals surface area contributed by atoms with Crippen LogP contribution in [0.4, 0.5) is 0 Å². The third-order valence-corrected chi connectivity index (χ3v) is 4.57. The molecule has 0 aliphatic carbocycles. The number of amides is 2. The number of nitrogens with one attached hydrogen (secondary N) is 2. The van der Waals surface area contributed by atoms with Crippen LogP contribution in [-0.2, 0) is 13.1 Å². The highest BCUT2D eigenvalue weighted by Crippen LogP contribution is 2.32. The van der Waals surface area contributed by atoms with Crippen LogP contribution in [0, 0.1) is 0 Å². The Hall–Kier alpha value is -3.80. The van der Waals surface area contributed by atoms with Crippen LogP contribution in [0.2, 0.25) is 0 Å². The van der Waals surface area contributed by atoms with Gasteiger partial charge in [-0.3, -0.25) is 9.59 Å². The Bertz CT molecular complexity index is 1030. The minimum atomic E-state index is -0.250. The van der Waals surface area contributed by atoms with Crippen LogP contribution >= 0.6 is 0 Å². The third-order valence-electron chi connectivity index (χ3n) is 4.57. The molecule has 0 spiro atoms. The molecular weight excluding hydrogens is 368 g/mol. The summed E-state index contributed by atoms with van der Waals surface area (Å²) in [5, 5.41) is 5.73.